The Morgan fingerprint density at radius 1 is 1.05 bits per heavy atom. The van der Waals surface area contributed by atoms with E-state index in [-0.39, 0.29) is 18.8 Å². The Bertz CT molecular complexity index is 490. The smallest absolute Gasteiger partial charge is 0.360 e. The Hall–Kier alpha value is -1.91. The molecule has 22 heavy (non-hydrogen) atoms. The van der Waals surface area contributed by atoms with Crippen molar-refractivity contribution in [3.63, 3.8) is 0 Å². The SMILES string of the molecule is CCOC(=O)C(F)(C(=O)OCC)c1ccc(CC(C)C)cc1. The van der Waals surface area contributed by atoms with Crippen molar-refractivity contribution in [2.45, 2.75) is 39.8 Å². The van der Waals surface area contributed by atoms with Crippen molar-refractivity contribution in [1.29, 1.82) is 0 Å². The molecule has 1 rings (SSSR count). The lowest BCUT2D eigenvalue weighted by Crippen LogP contribution is -2.42. The first-order valence-electron chi connectivity index (χ1n) is 7.48. The van der Waals surface area contributed by atoms with Gasteiger partial charge in [0.1, 0.15) is 0 Å². The Kier molecular flexibility index (Phi) is 6.53. The van der Waals surface area contributed by atoms with E-state index in [1.807, 2.05) is 0 Å². The lowest BCUT2D eigenvalue weighted by atomic mass is 9.93. The molecule has 122 valence electrons. The number of benzene rings is 1. The van der Waals surface area contributed by atoms with Crippen LogP contribution in [0.25, 0.3) is 0 Å². The molecule has 0 heterocycles. The molecule has 4 nitrogen and oxygen atoms in total. The summed E-state index contributed by atoms with van der Waals surface area (Å²) in [5.41, 5.74) is -1.99. The van der Waals surface area contributed by atoms with E-state index in [9.17, 15) is 9.59 Å². The van der Waals surface area contributed by atoms with Crippen LogP contribution >= 0.6 is 0 Å². The van der Waals surface area contributed by atoms with Crippen molar-refractivity contribution in [2.75, 3.05) is 13.2 Å². The van der Waals surface area contributed by atoms with Gasteiger partial charge in [-0.25, -0.2) is 14.0 Å². The van der Waals surface area contributed by atoms with Gasteiger partial charge in [-0.2, -0.15) is 0 Å². The topological polar surface area (TPSA) is 52.6 Å². The lowest BCUT2D eigenvalue weighted by molar-refractivity contribution is -0.175. The molecule has 0 fully saturated rings. The number of esters is 2. The highest BCUT2D eigenvalue weighted by molar-refractivity contribution is 6.04. The molecule has 0 bridgehead atoms. The molecule has 0 aliphatic heterocycles. The Morgan fingerprint density at radius 3 is 1.86 bits per heavy atom. The number of rotatable bonds is 7. The van der Waals surface area contributed by atoms with Gasteiger partial charge in [-0.1, -0.05) is 38.1 Å². The molecular weight excluding hydrogens is 287 g/mol. The molecule has 1 aromatic carbocycles. The van der Waals surface area contributed by atoms with E-state index in [1.54, 1.807) is 26.0 Å². The van der Waals surface area contributed by atoms with Crippen molar-refractivity contribution in [1.82, 2.24) is 0 Å². The molecule has 0 radical (unpaired) electrons. The first-order chi connectivity index (χ1) is 10.4. The molecular formula is C17H23FO4. The summed E-state index contributed by atoms with van der Waals surface area (Å²) in [6, 6.07) is 6.29. The van der Waals surface area contributed by atoms with E-state index in [0.29, 0.717) is 5.92 Å². The highest BCUT2D eigenvalue weighted by Crippen LogP contribution is 2.30. The molecule has 1 aromatic rings. The van der Waals surface area contributed by atoms with E-state index < -0.39 is 17.6 Å². The second-order valence-electron chi connectivity index (χ2n) is 5.39. The standard InChI is InChI=1S/C17H23FO4/c1-5-21-15(19)17(18,16(20)22-6-2)14-9-7-13(8-10-14)11-12(3)4/h7-10,12H,5-6,11H2,1-4H3. The summed E-state index contributed by atoms with van der Waals surface area (Å²) in [4.78, 5) is 23.9. The number of hydrogen-bond acceptors (Lipinski definition) is 4. The van der Waals surface area contributed by atoms with Gasteiger partial charge < -0.3 is 9.47 Å². The highest BCUT2D eigenvalue weighted by Gasteiger charge is 2.51. The van der Waals surface area contributed by atoms with Crippen LogP contribution < -0.4 is 0 Å². The maximum atomic E-state index is 15.1. The number of halogens is 1. The van der Waals surface area contributed by atoms with E-state index in [4.69, 9.17) is 9.47 Å². The van der Waals surface area contributed by atoms with Crippen LogP contribution in [0.1, 0.15) is 38.8 Å². The highest BCUT2D eigenvalue weighted by atomic mass is 19.1. The zero-order chi connectivity index (χ0) is 16.8. The second kappa shape index (κ2) is 7.92. The van der Waals surface area contributed by atoms with Crippen molar-refractivity contribution in [3.8, 4) is 0 Å². The Morgan fingerprint density at radius 2 is 1.50 bits per heavy atom. The minimum Gasteiger partial charge on any atom is -0.463 e. The maximum Gasteiger partial charge on any atom is 0.360 e. The number of carbonyl (C=O) groups is 2. The van der Waals surface area contributed by atoms with Gasteiger partial charge in [-0.15, -0.1) is 0 Å². The Balaban J connectivity index is 3.15. The average molecular weight is 310 g/mol. The van der Waals surface area contributed by atoms with Gasteiger partial charge in [0.2, 0.25) is 0 Å². The van der Waals surface area contributed by atoms with Crippen molar-refractivity contribution in [2.24, 2.45) is 5.92 Å². The first kappa shape index (κ1) is 18.1. The first-order valence-corrected chi connectivity index (χ1v) is 7.48. The number of hydrogen-bond donors (Lipinski definition) is 0. The van der Waals surface area contributed by atoms with Crippen molar-refractivity contribution >= 4 is 11.9 Å². The molecule has 0 saturated heterocycles. The molecule has 0 aliphatic carbocycles. The zero-order valence-electron chi connectivity index (χ0n) is 13.5. The third-order valence-electron chi connectivity index (χ3n) is 3.11. The minimum atomic E-state index is -2.93. The normalized spacial score (nSPS) is 11.4. The third-order valence-corrected chi connectivity index (χ3v) is 3.11. The predicted molar refractivity (Wildman–Crippen MR) is 81.0 cm³/mol. The fourth-order valence-corrected chi connectivity index (χ4v) is 2.12. The average Bonchev–Trinajstić information content (AvgIpc) is 2.47. The van der Waals surface area contributed by atoms with Gasteiger partial charge in [0, 0.05) is 5.56 Å². The van der Waals surface area contributed by atoms with Gasteiger partial charge in [0.15, 0.2) is 0 Å². The van der Waals surface area contributed by atoms with E-state index in [0.717, 1.165) is 12.0 Å². The molecule has 0 saturated carbocycles. The minimum absolute atomic E-state index is 0.0185. The largest absolute Gasteiger partial charge is 0.463 e. The lowest BCUT2D eigenvalue weighted by Gasteiger charge is -2.22. The molecule has 0 atom stereocenters. The van der Waals surface area contributed by atoms with Gasteiger partial charge in [-0.3, -0.25) is 0 Å². The molecule has 0 aliphatic rings. The zero-order valence-corrected chi connectivity index (χ0v) is 13.5. The molecule has 0 N–H and O–H groups in total. The third kappa shape index (κ3) is 4.06. The van der Waals surface area contributed by atoms with Gasteiger partial charge >= 0.3 is 17.6 Å². The van der Waals surface area contributed by atoms with Crippen molar-refractivity contribution in [3.05, 3.63) is 35.4 Å². The molecule has 0 spiro atoms. The molecule has 0 amide bonds. The summed E-state index contributed by atoms with van der Waals surface area (Å²) in [6.07, 6.45) is 0.832. The summed E-state index contributed by atoms with van der Waals surface area (Å²) in [7, 11) is 0. The molecule has 5 heteroatoms. The number of ether oxygens (including phenoxy) is 2. The van der Waals surface area contributed by atoms with E-state index in [1.165, 1.54) is 12.1 Å². The molecule has 0 unspecified atom stereocenters. The second-order valence-corrected chi connectivity index (χ2v) is 5.39. The number of alkyl halides is 1. The van der Waals surface area contributed by atoms with Crippen LogP contribution in [0.15, 0.2) is 24.3 Å². The van der Waals surface area contributed by atoms with Crippen LogP contribution in [0.5, 0.6) is 0 Å². The van der Waals surface area contributed by atoms with Crippen LogP contribution in [0.3, 0.4) is 0 Å². The van der Waals surface area contributed by atoms with Gasteiger partial charge in [-0.05, 0) is 31.7 Å². The summed E-state index contributed by atoms with van der Waals surface area (Å²) in [5, 5.41) is 0. The van der Waals surface area contributed by atoms with Gasteiger partial charge in [0.25, 0.3) is 0 Å². The van der Waals surface area contributed by atoms with Crippen LogP contribution in [-0.4, -0.2) is 25.2 Å². The van der Waals surface area contributed by atoms with E-state index in [2.05, 4.69) is 13.8 Å². The summed E-state index contributed by atoms with van der Waals surface area (Å²) in [5.74, 6) is -2.04. The fourth-order valence-electron chi connectivity index (χ4n) is 2.12. The van der Waals surface area contributed by atoms with E-state index >= 15 is 4.39 Å². The monoisotopic (exact) mass is 310 g/mol. The summed E-state index contributed by atoms with van der Waals surface area (Å²) in [6.45, 7) is 7.21. The summed E-state index contributed by atoms with van der Waals surface area (Å²) < 4.78 is 24.5. The van der Waals surface area contributed by atoms with Crippen LogP contribution in [0, 0.1) is 5.92 Å². The maximum absolute atomic E-state index is 15.1. The van der Waals surface area contributed by atoms with Crippen molar-refractivity contribution < 1.29 is 23.5 Å². The predicted octanol–water partition coefficient (Wildman–Crippen LogP) is 3.18. The molecule has 0 aromatic heterocycles. The quantitative estimate of drug-likeness (QED) is 0.573. The number of carbonyl (C=O) groups excluding carboxylic acids is 2. The van der Waals surface area contributed by atoms with Crippen LogP contribution in [0.2, 0.25) is 0 Å². The summed E-state index contributed by atoms with van der Waals surface area (Å²) >= 11 is 0. The van der Waals surface area contributed by atoms with Crippen LogP contribution in [0.4, 0.5) is 4.39 Å². The van der Waals surface area contributed by atoms with Gasteiger partial charge in [0.05, 0.1) is 13.2 Å². The Labute approximate surface area is 130 Å². The fraction of sp³-hybridized carbons (Fsp3) is 0.529. The van der Waals surface area contributed by atoms with Crippen LogP contribution in [-0.2, 0) is 31.2 Å².